The number of anilines is 2. The van der Waals surface area contributed by atoms with Crippen LogP contribution in [0.4, 0.5) is 11.4 Å². The van der Waals surface area contributed by atoms with Crippen LogP contribution in [0.25, 0.3) is 0 Å². The maximum Gasteiger partial charge on any atom is 0.0314 e. The van der Waals surface area contributed by atoms with Crippen molar-refractivity contribution in [1.29, 1.82) is 0 Å². The summed E-state index contributed by atoms with van der Waals surface area (Å²) in [5.41, 5.74) is 22.4. The molecule has 0 bridgehead atoms. The minimum Gasteiger partial charge on any atom is -0.399 e. The first-order chi connectivity index (χ1) is 25.0. The van der Waals surface area contributed by atoms with E-state index >= 15 is 0 Å². The van der Waals surface area contributed by atoms with Gasteiger partial charge < -0.3 is 11.5 Å². The van der Waals surface area contributed by atoms with E-state index in [4.69, 9.17) is 11.5 Å². The Morgan fingerprint density at radius 2 is 0.824 bits per heavy atom. The SMILES string of the molecule is CCCCCCCCCCCC1CCC(c2ccc(C(CCC)c3ccc(N)cc3)cc2)(c2ccc(C(CCC)c3ccc(N)cc3)cc2)CC1. The lowest BCUT2D eigenvalue weighted by Gasteiger charge is -2.42. The summed E-state index contributed by atoms with van der Waals surface area (Å²) in [6.07, 6.45) is 23.8. The van der Waals surface area contributed by atoms with Crippen LogP contribution in [-0.4, -0.2) is 0 Å². The zero-order valence-corrected chi connectivity index (χ0v) is 32.4. The first-order valence-electron chi connectivity index (χ1n) is 20.9. The molecule has 274 valence electrons. The molecule has 1 aliphatic rings. The molecule has 1 fully saturated rings. The Labute approximate surface area is 311 Å². The van der Waals surface area contributed by atoms with Crippen LogP contribution in [-0.2, 0) is 5.41 Å². The van der Waals surface area contributed by atoms with E-state index in [-0.39, 0.29) is 5.41 Å². The van der Waals surface area contributed by atoms with Gasteiger partial charge in [-0.3, -0.25) is 0 Å². The molecule has 0 heterocycles. The Morgan fingerprint density at radius 3 is 1.20 bits per heavy atom. The molecule has 2 unspecified atom stereocenters. The highest BCUT2D eigenvalue weighted by Crippen LogP contribution is 2.48. The molecular formula is C49H68N2. The summed E-state index contributed by atoms with van der Waals surface area (Å²) in [5, 5.41) is 0. The molecule has 0 aromatic heterocycles. The zero-order chi connectivity index (χ0) is 35.9. The summed E-state index contributed by atoms with van der Waals surface area (Å²) < 4.78 is 0. The van der Waals surface area contributed by atoms with Crippen LogP contribution in [0.1, 0.15) is 182 Å². The van der Waals surface area contributed by atoms with Gasteiger partial charge in [-0.2, -0.15) is 0 Å². The van der Waals surface area contributed by atoms with Gasteiger partial charge in [0.15, 0.2) is 0 Å². The maximum absolute atomic E-state index is 6.06. The summed E-state index contributed by atoms with van der Waals surface area (Å²) >= 11 is 0. The van der Waals surface area contributed by atoms with Gasteiger partial charge in [0.1, 0.15) is 0 Å². The van der Waals surface area contributed by atoms with Gasteiger partial charge in [-0.1, -0.05) is 171 Å². The van der Waals surface area contributed by atoms with Crippen molar-refractivity contribution >= 4 is 11.4 Å². The topological polar surface area (TPSA) is 52.0 Å². The molecule has 4 N–H and O–H groups in total. The van der Waals surface area contributed by atoms with Crippen LogP contribution in [0.3, 0.4) is 0 Å². The van der Waals surface area contributed by atoms with E-state index in [1.54, 1.807) is 0 Å². The molecule has 4 aromatic carbocycles. The Hall–Kier alpha value is -3.52. The number of benzene rings is 4. The Balaban J connectivity index is 1.34. The lowest BCUT2D eigenvalue weighted by atomic mass is 9.62. The van der Waals surface area contributed by atoms with Crippen molar-refractivity contribution in [3.05, 3.63) is 130 Å². The molecule has 2 atom stereocenters. The maximum atomic E-state index is 6.06. The van der Waals surface area contributed by atoms with Crippen LogP contribution in [0.2, 0.25) is 0 Å². The third-order valence-corrected chi connectivity index (χ3v) is 12.2. The summed E-state index contributed by atoms with van der Waals surface area (Å²) in [6, 6.07) is 36.8. The fourth-order valence-electron chi connectivity index (χ4n) is 9.10. The third-order valence-electron chi connectivity index (χ3n) is 12.2. The normalized spacial score (nSPS) is 18.8. The van der Waals surface area contributed by atoms with Gasteiger partial charge in [-0.15, -0.1) is 0 Å². The number of nitrogens with two attached hydrogens (primary N) is 2. The molecule has 0 saturated heterocycles. The first kappa shape index (κ1) is 38.7. The van der Waals surface area contributed by atoms with Gasteiger partial charge in [-0.25, -0.2) is 0 Å². The molecule has 1 aliphatic carbocycles. The van der Waals surface area contributed by atoms with Crippen LogP contribution in [0.15, 0.2) is 97.1 Å². The Morgan fingerprint density at radius 1 is 0.471 bits per heavy atom. The molecule has 0 radical (unpaired) electrons. The van der Waals surface area contributed by atoms with Crippen molar-refractivity contribution < 1.29 is 0 Å². The van der Waals surface area contributed by atoms with E-state index in [0.29, 0.717) is 11.8 Å². The number of unbranched alkanes of at least 4 members (excludes halogenated alkanes) is 8. The number of rotatable bonds is 20. The highest BCUT2D eigenvalue weighted by molar-refractivity contribution is 5.47. The Bertz CT molecular complexity index is 1430. The number of nitrogen functional groups attached to an aromatic ring is 2. The molecule has 51 heavy (non-hydrogen) atoms. The fraction of sp³-hybridized carbons (Fsp3) is 0.510. The van der Waals surface area contributed by atoms with Crippen molar-refractivity contribution in [3.8, 4) is 0 Å². The highest BCUT2D eigenvalue weighted by atomic mass is 14.5. The molecule has 0 aliphatic heterocycles. The second-order valence-corrected chi connectivity index (χ2v) is 15.9. The van der Waals surface area contributed by atoms with Crippen LogP contribution < -0.4 is 11.5 Å². The fourth-order valence-corrected chi connectivity index (χ4v) is 9.10. The van der Waals surface area contributed by atoms with Crippen molar-refractivity contribution in [3.63, 3.8) is 0 Å². The van der Waals surface area contributed by atoms with Crippen LogP contribution >= 0.6 is 0 Å². The lowest BCUT2D eigenvalue weighted by Crippen LogP contribution is -2.33. The summed E-state index contributed by atoms with van der Waals surface area (Å²) in [4.78, 5) is 0. The van der Waals surface area contributed by atoms with Gasteiger partial charge in [0.25, 0.3) is 0 Å². The molecule has 5 rings (SSSR count). The van der Waals surface area contributed by atoms with E-state index in [1.807, 2.05) is 0 Å². The largest absolute Gasteiger partial charge is 0.399 e. The second kappa shape index (κ2) is 19.9. The monoisotopic (exact) mass is 685 g/mol. The van der Waals surface area contributed by atoms with Crippen molar-refractivity contribution in [2.75, 3.05) is 11.5 Å². The van der Waals surface area contributed by atoms with E-state index < -0.39 is 0 Å². The molecule has 0 spiro atoms. The molecule has 4 aromatic rings. The van der Waals surface area contributed by atoms with Crippen LogP contribution in [0.5, 0.6) is 0 Å². The van der Waals surface area contributed by atoms with Gasteiger partial charge in [0.05, 0.1) is 0 Å². The molecule has 2 nitrogen and oxygen atoms in total. The number of hydrogen-bond donors (Lipinski definition) is 2. The number of hydrogen-bond acceptors (Lipinski definition) is 2. The van der Waals surface area contributed by atoms with E-state index in [0.717, 1.165) is 43.0 Å². The van der Waals surface area contributed by atoms with Gasteiger partial charge >= 0.3 is 0 Å². The zero-order valence-electron chi connectivity index (χ0n) is 32.4. The van der Waals surface area contributed by atoms with Gasteiger partial charge in [0, 0.05) is 28.6 Å². The van der Waals surface area contributed by atoms with E-state index in [1.165, 1.54) is 123 Å². The minimum absolute atomic E-state index is 0.0644. The summed E-state index contributed by atoms with van der Waals surface area (Å²) in [5.74, 6) is 1.66. The van der Waals surface area contributed by atoms with Crippen LogP contribution in [0, 0.1) is 5.92 Å². The highest BCUT2D eigenvalue weighted by Gasteiger charge is 2.38. The summed E-state index contributed by atoms with van der Waals surface area (Å²) in [7, 11) is 0. The molecular weight excluding hydrogens is 617 g/mol. The van der Waals surface area contributed by atoms with E-state index in [2.05, 4.69) is 118 Å². The molecule has 0 amide bonds. The second-order valence-electron chi connectivity index (χ2n) is 15.9. The smallest absolute Gasteiger partial charge is 0.0314 e. The average Bonchev–Trinajstić information content (AvgIpc) is 3.17. The first-order valence-corrected chi connectivity index (χ1v) is 20.9. The minimum atomic E-state index is 0.0644. The van der Waals surface area contributed by atoms with Gasteiger partial charge in [-0.05, 0) is 102 Å². The Kier molecular flexibility index (Phi) is 15.1. The van der Waals surface area contributed by atoms with Gasteiger partial charge in [0.2, 0.25) is 0 Å². The lowest BCUT2D eigenvalue weighted by molar-refractivity contribution is 0.250. The van der Waals surface area contributed by atoms with Crippen molar-refractivity contribution in [2.24, 2.45) is 5.92 Å². The van der Waals surface area contributed by atoms with Crippen molar-refractivity contribution in [1.82, 2.24) is 0 Å². The molecule has 1 saturated carbocycles. The third kappa shape index (κ3) is 10.5. The standard InChI is InChI=1S/C49H68N2/c1-4-7-8-9-10-11-12-13-14-17-38-34-36-49(37-35-38,43-26-18-39(19-27-43)47(15-5-2)41-22-30-45(50)31-23-41)44-28-20-40(21-29-44)48(16-6-3)42-24-32-46(51)33-25-42/h18-33,38,47-48H,4-17,34-37,50-51H2,1-3H3. The van der Waals surface area contributed by atoms with Crippen molar-refractivity contribution in [2.45, 2.75) is 154 Å². The average molecular weight is 685 g/mol. The predicted molar refractivity (Wildman–Crippen MR) is 223 cm³/mol. The molecule has 2 heteroatoms. The summed E-state index contributed by atoms with van der Waals surface area (Å²) in [6.45, 7) is 6.90. The quantitative estimate of drug-likeness (QED) is 0.0719. The van der Waals surface area contributed by atoms with E-state index in [9.17, 15) is 0 Å². The predicted octanol–water partition coefficient (Wildman–Crippen LogP) is 14.1.